The van der Waals surface area contributed by atoms with Gasteiger partial charge in [-0.2, -0.15) is 0 Å². The van der Waals surface area contributed by atoms with E-state index in [2.05, 4.69) is 57.2 Å². The fourth-order valence-corrected chi connectivity index (χ4v) is 6.84. The van der Waals surface area contributed by atoms with Crippen LogP contribution in [0.15, 0.2) is 36.5 Å². The molecular formula is C44H76O6. The van der Waals surface area contributed by atoms with Crippen LogP contribution in [0.4, 0.5) is 0 Å². The van der Waals surface area contributed by atoms with E-state index in [-0.39, 0.29) is 48.6 Å². The molecule has 0 N–H and O–H groups in total. The number of esters is 3. The van der Waals surface area contributed by atoms with E-state index in [1.54, 1.807) is 0 Å². The van der Waals surface area contributed by atoms with Crippen LogP contribution in [0.5, 0.6) is 0 Å². The SMILES string of the molecule is CC/C=C\CC1C(CC(=O)OCCC(CCCCCCCC/C=C\C/C=C\CCCCC)OC(=O)CCCCCCC)CCC1OC(=O)CC. The van der Waals surface area contributed by atoms with Gasteiger partial charge in [-0.15, -0.1) is 0 Å². The number of hydrogen-bond donors (Lipinski definition) is 0. The van der Waals surface area contributed by atoms with Crippen LogP contribution in [-0.4, -0.2) is 36.7 Å². The Morgan fingerprint density at radius 1 is 0.640 bits per heavy atom. The third-order valence-electron chi connectivity index (χ3n) is 9.93. The minimum Gasteiger partial charge on any atom is -0.466 e. The first kappa shape index (κ1) is 45.7. The van der Waals surface area contributed by atoms with E-state index in [0.717, 1.165) is 77.0 Å². The number of carbonyl (C=O) groups excluding carboxylic acids is 3. The Morgan fingerprint density at radius 3 is 1.98 bits per heavy atom. The van der Waals surface area contributed by atoms with Crippen LogP contribution in [0.3, 0.4) is 0 Å². The number of unbranched alkanes of at least 4 members (excludes halogenated alkanes) is 13. The van der Waals surface area contributed by atoms with E-state index in [4.69, 9.17) is 14.2 Å². The summed E-state index contributed by atoms with van der Waals surface area (Å²) >= 11 is 0. The molecular weight excluding hydrogens is 624 g/mol. The maximum Gasteiger partial charge on any atom is 0.306 e. The molecule has 6 heteroatoms. The molecule has 50 heavy (non-hydrogen) atoms. The first-order chi connectivity index (χ1) is 24.4. The van der Waals surface area contributed by atoms with Crippen molar-refractivity contribution >= 4 is 17.9 Å². The molecule has 0 aliphatic heterocycles. The van der Waals surface area contributed by atoms with E-state index >= 15 is 0 Å². The highest BCUT2D eigenvalue weighted by Gasteiger charge is 2.38. The first-order valence-corrected chi connectivity index (χ1v) is 20.9. The molecule has 0 saturated heterocycles. The molecule has 0 radical (unpaired) electrons. The molecule has 0 bridgehead atoms. The second-order valence-corrected chi connectivity index (χ2v) is 14.4. The molecule has 4 unspecified atom stereocenters. The van der Waals surface area contributed by atoms with Crippen LogP contribution in [-0.2, 0) is 28.6 Å². The monoisotopic (exact) mass is 701 g/mol. The molecule has 1 saturated carbocycles. The average molecular weight is 701 g/mol. The van der Waals surface area contributed by atoms with Gasteiger partial charge in [0.05, 0.1) is 6.61 Å². The van der Waals surface area contributed by atoms with Crippen molar-refractivity contribution < 1.29 is 28.6 Å². The molecule has 288 valence electrons. The van der Waals surface area contributed by atoms with Gasteiger partial charge in [-0.25, -0.2) is 0 Å². The quantitative estimate of drug-likeness (QED) is 0.0301. The van der Waals surface area contributed by atoms with Crippen LogP contribution in [0, 0.1) is 11.8 Å². The lowest BCUT2D eigenvalue weighted by atomic mass is 9.88. The maximum absolute atomic E-state index is 12.9. The molecule has 1 aliphatic rings. The van der Waals surface area contributed by atoms with Crippen molar-refractivity contribution in [2.75, 3.05) is 6.61 Å². The molecule has 0 spiro atoms. The van der Waals surface area contributed by atoms with Gasteiger partial charge in [0, 0.05) is 31.6 Å². The summed E-state index contributed by atoms with van der Waals surface area (Å²) in [7, 11) is 0. The van der Waals surface area contributed by atoms with Gasteiger partial charge in [-0.05, 0) is 83.0 Å². The molecule has 1 aliphatic carbocycles. The number of carbonyl (C=O) groups is 3. The van der Waals surface area contributed by atoms with Crippen LogP contribution in [0.25, 0.3) is 0 Å². The van der Waals surface area contributed by atoms with Crippen molar-refractivity contribution in [3.63, 3.8) is 0 Å². The smallest absolute Gasteiger partial charge is 0.306 e. The largest absolute Gasteiger partial charge is 0.466 e. The average Bonchev–Trinajstić information content (AvgIpc) is 3.47. The molecule has 1 fully saturated rings. The fourth-order valence-electron chi connectivity index (χ4n) is 6.84. The Hall–Kier alpha value is -2.37. The minimum atomic E-state index is -0.215. The number of rotatable bonds is 32. The predicted molar refractivity (Wildman–Crippen MR) is 208 cm³/mol. The number of allylic oxidation sites excluding steroid dienone is 6. The van der Waals surface area contributed by atoms with E-state index in [1.807, 2.05) is 6.92 Å². The van der Waals surface area contributed by atoms with Crippen molar-refractivity contribution in [2.45, 2.75) is 207 Å². The van der Waals surface area contributed by atoms with Gasteiger partial charge in [0.25, 0.3) is 0 Å². The Morgan fingerprint density at radius 2 is 1.28 bits per heavy atom. The Kier molecular flexibility index (Phi) is 29.7. The van der Waals surface area contributed by atoms with Crippen LogP contribution in [0.2, 0.25) is 0 Å². The van der Waals surface area contributed by atoms with Gasteiger partial charge in [0.15, 0.2) is 0 Å². The lowest BCUT2D eigenvalue weighted by Crippen LogP contribution is -2.26. The van der Waals surface area contributed by atoms with Crippen molar-refractivity contribution in [2.24, 2.45) is 11.8 Å². The third-order valence-corrected chi connectivity index (χ3v) is 9.93. The second-order valence-electron chi connectivity index (χ2n) is 14.4. The topological polar surface area (TPSA) is 78.9 Å². The third kappa shape index (κ3) is 24.7. The molecule has 1 rings (SSSR count). The van der Waals surface area contributed by atoms with Gasteiger partial charge < -0.3 is 14.2 Å². The highest BCUT2D eigenvalue weighted by Crippen LogP contribution is 2.39. The van der Waals surface area contributed by atoms with E-state index in [9.17, 15) is 14.4 Å². The van der Waals surface area contributed by atoms with Gasteiger partial charge >= 0.3 is 17.9 Å². The van der Waals surface area contributed by atoms with Gasteiger partial charge in [-0.1, -0.05) is 128 Å². The molecule has 0 amide bonds. The lowest BCUT2D eigenvalue weighted by molar-refractivity contribution is -0.152. The minimum absolute atomic E-state index is 0.125. The fraction of sp³-hybridized carbons (Fsp3) is 0.795. The predicted octanol–water partition coefficient (Wildman–Crippen LogP) is 12.5. The summed E-state index contributed by atoms with van der Waals surface area (Å²) < 4.78 is 17.4. The van der Waals surface area contributed by atoms with Gasteiger partial charge in [0.1, 0.15) is 12.2 Å². The van der Waals surface area contributed by atoms with Crippen molar-refractivity contribution in [3.8, 4) is 0 Å². The number of hydrogen-bond acceptors (Lipinski definition) is 6. The summed E-state index contributed by atoms with van der Waals surface area (Å²) in [5, 5.41) is 0. The van der Waals surface area contributed by atoms with E-state index in [0.29, 0.717) is 25.7 Å². The highest BCUT2D eigenvalue weighted by molar-refractivity contribution is 5.70. The first-order valence-electron chi connectivity index (χ1n) is 20.9. The van der Waals surface area contributed by atoms with Gasteiger partial charge in [-0.3, -0.25) is 14.4 Å². The molecule has 0 aromatic rings. The molecule has 0 aromatic carbocycles. The Labute approximate surface area is 307 Å². The summed E-state index contributed by atoms with van der Waals surface area (Å²) in [6, 6.07) is 0. The summed E-state index contributed by atoms with van der Waals surface area (Å²) in [5.41, 5.74) is 0. The van der Waals surface area contributed by atoms with Crippen molar-refractivity contribution in [1.29, 1.82) is 0 Å². The van der Waals surface area contributed by atoms with Crippen LogP contribution >= 0.6 is 0 Å². The Balaban J connectivity index is 2.45. The van der Waals surface area contributed by atoms with Crippen molar-refractivity contribution in [1.82, 2.24) is 0 Å². The van der Waals surface area contributed by atoms with Gasteiger partial charge in [0.2, 0.25) is 0 Å². The zero-order valence-electron chi connectivity index (χ0n) is 32.8. The standard InChI is InChI=1S/C44H76O6/c1-5-9-12-14-15-16-17-18-19-20-21-22-23-24-26-28-30-39(49-43(46)32-29-25-13-10-6-2)35-36-48-44(47)37-38-33-34-41(50-42(45)8-4)40(38)31-27-11-7-3/h11,15-16,18-19,27,38-41H,5-10,12-14,17,20-26,28-37H2,1-4H3/b16-15-,19-18-,27-11-. The summed E-state index contributed by atoms with van der Waals surface area (Å²) in [6.45, 7) is 8.61. The van der Waals surface area contributed by atoms with Crippen LogP contribution in [0.1, 0.15) is 195 Å². The zero-order chi connectivity index (χ0) is 36.5. The zero-order valence-corrected chi connectivity index (χ0v) is 32.8. The second kappa shape index (κ2) is 32.5. The molecule has 0 heterocycles. The lowest BCUT2D eigenvalue weighted by Gasteiger charge is -2.23. The maximum atomic E-state index is 12.9. The van der Waals surface area contributed by atoms with Crippen molar-refractivity contribution in [3.05, 3.63) is 36.5 Å². The molecule has 6 nitrogen and oxygen atoms in total. The highest BCUT2D eigenvalue weighted by atomic mass is 16.6. The van der Waals surface area contributed by atoms with E-state index in [1.165, 1.54) is 64.2 Å². The Bertz CT molecular complexity index is 937. The summed E-state index contributed by atoms with van der Waals surface area (Å²) in [6.07, 6.45) is 38.9. The summed E-state index contributed by atoms with van der Waals surface area (Å²) in [4.78, 5) is 37.6. The summed E-state index contributed by atoms with van der Waals surface area (Å²) in [5.74, 6) is -0.242. The van der Waals surface area contributed by atoms with E-state index < -0.39 is 0 Å². The number of ether oxygens (including phenoxy) is 3. The molecule has 0 aromatic heterocycles. The molecule has 4 atom stereocenters. The van der Waals surface area contributed by atoms with Crippen LogP contribution < -0.4 is 0 Å². The normalized spacial score (nSPS) is 18.4.